The summed E-state index contributed by atoms with van der Waals surface area (Å²) in [4.78, 5) is 23.4. The predicted molar refractivity (Wildman–Crippen MR) is 93.7 cm³/mol. The standard InChI is InChI=1S/C17H14ClN5O2/c1-23-16(24)8-6-14(22-23)17(25)19-15-7-5-13(20-21-15)10-11-3-2-4-12(18)9-11/h2-9H,10H2,1H3,(H,19,21,25). The molecule has 0 aliphatic heterocycles. The van der Waals surface area contributed by atoms with Crippen molar-refractivity contribution in [1.82, 2.24) is 20.0 Å². The fraction of sp³-hybridized carbons (Fsp3) is 0.118. The van der Waals surface area contributed by atoms with Crippen molar-refractivity contribution < 1.29 is 4.79 Å². The minimum absolute atomic E-state index is 0.118. The van der Waals surface area contributed by atoms with Crippen molar-refractivity contribution in [3.8, 4) is 0 Å². The maximum Gasteiger partial charge on any atom is 0.277 e. The lowest BCUT2D eigenvalue weighted by Gasteiger charge is -2.05. The molecule has 3 rings (SSSR count). The smallest absolute Gasteiger partial charge is 0.277 e. The van der Waals surface area contributed by atoms with Crippen molar-refractivity contribution in [2.24, 2.45) is 7.05 Å². The molecule has 1 N–H and O–H groups in total. The number of aryl methyl sites for hydroxylation is 1. The van der Waals surface area contributed by atoms with Gasteiger partial charge >= 0.3 is 0 Å². The zero-order valence-electron chi connectivity index (χ0n) is 13.3. The highest BCUT2D eigenvalue weighted by Gasteiger charge is 2.10. The van der Waals surface area contributed by atoms with Gasteiger partial charge in [0.25, 0.3) is 11.5 Å². The summed E-state index contributed by atoms with van der Waals surface area (Å²) in [5.74, 6) is -0.164. The van der Waals surface area contributed by atoms with Crippen LogP contribution in [0.4, 0.5) is 5.82 Å². The Morgan fingerprint density at radius 2 is 2.00 bits per heavy atom. The van der Waals surface area contributed by atoms with Crippen molar-refractivity contribution in [2.45, 2.75) is 6.42 Å². The summed E-state index contributed by atoms with van der Waals surface area (Å²) in [5.41, 5.74) is 1.60. The molecule has 0 unspecified atom stereocenters. The van der Waals surface area contributed by atoms with E-state index in [2.05, 4.69) is 20.6 Å². The van der Waals surface area contributed by atoms with Gasteiger partial charge in [0.15, 0.2) is 5.82 Å². The zero-order valence-corrected chi connectivity index (χ0v) is 14.1. The van der Waals surface area contributed by atoms with E-state index in [0.717, 1.165) is 15.9 Å². The molecule has 0 fully saturated rings. The van der Waals surface area contributed by atoms with Crippen LogP contribution in [0.2, 0.25) is 5.02 Å². The van der Waals surface area contributed by atoms with Crippen molar-refractivity contribution >= 4 is 23.3 Å². The van der Waals surface area contributed by atoms with Gasteiger partial charge in [0.2, 0.25) is 0 Å². The van der Waals surface area contributed by atoms with Crippen LogP contribution in [0.15, 0.2) is 53.3 Å². The number of carbonyl (C=O) groups is 1. The average Bonchev–Trinajstić information content (AvgIpc) is 2.59. The number of hydrogen-bond acceptors (Lipinski definition) is 5. The summed E-state index contributed by atoms with van der Waals surface area (Å²) in [6.07, 6.45) is 0.587. The lowest BCUT2D eigenvalue weighted by atomic mass is 10.1. The van der Waals surface area contributed by atoms with E-state index in [0.29, 0.717) is 17.3 Å². The van der Waals surface area contributed by atoms with Crippen LogP contribution >= 0.6 is 11.6 Å². The molecule has 0 saturated carbocycles. The van der Waals surface area contributed by atoms with E-state index in [1.54, 1.807) is 12.1 Å². The molecule has 2 aromatic heterocycles. The van der Waals surface area contributed by atoms with Crippen LogP contribution in [0.1, 0.15) is 21.7 Å². The highest BCUT2D eigenvalue weighted by Crippen LogP contribution is 2.14. The van der Waals surface area contributed by atoms with Gasteiger partial charge in [0.1, 0.15) is 5.69 Å². The third-order valence-electron chi connectivity index (χ3n) is 3.43. The third-order valence-corrected chi connectivity index (χ3v) is 3.66. The molecule has 0 aliphatic carbocycles. The number of nitrogens with zero attached hydrogens (tertiary/aromatic N) is 4. The van der Waals surface area contributed by atoms with Crippen LogP contribution in [-0.2, 0) is 13.5 Å². The largest absolute Gasteiger partial charge is 0.304 e. The van der Waals surface area contributed by atoms with Crippen LogP contribution in [-0.4, -0.2) is 25.9 Å². The second-order valence-corrected chi connectivity index (χ2v) is 5.79. The first-order valence-corrected chi connectivity index (χ1v) is 7.82. The number of nitrogens with one attached hydrogen (secondary N) is 1. The monoisotopic (exact) mass is 355 g/mol. The maximum absolute atomic E-state index is 12.1. The van der Waals surface area contributed by atoms with E-state index in [1.807, 2.05) is 24.3 Å². The lowest BCUT2D eigenvalue weighted by Crippen LogP contribution is -2.23. The summed E-state index contributed by atoms with van der Waals surface area (Å²) in [5, 5.41) is 15.2. The van der Waals surface area contributed by atoms with Gasteiger partial charge in [-0.05, 0) is 35.9 Å². The first kappa shape index (κ1) is 16.8. The average molecular weight is 356 g/mol. The Morgan fingerprint density at radius 3 is 2.68 bits per heavy atom. The topological polar surface area (TPSA) is 89.8 Å². The van der Waals surface area contributed by atoms with E-state index in [4.69, 9.17) is 11.6 Å². The highest BCUT2D eigenvalue weighted by molar-refractivity contribution is 6.30. The van der Waals surface area contributed by atoms with Crippen LogP contribution in [0.5, 0.6) is 0 Å². The minimum atomic E-state index is -0.465. The maximum atomic E-state index is 12.1. The number of benzene rings is 1. The summed E-state index contributed by atoms with van der Waals surface area (Å²) >= 11 is 5.96. The molecule has 0 saturated heterocycles. The van der Waals surface area contributed by atoms with Gasteiger partial charge in [-0.2, -0.15) is 10.2 Å². The molecule has 0 spiro atoms. The number of halogens is 1. The second kappa shape index (κ2) is 7.23. The van der Waals surface area contributed by atoms with Gasteiger partial charge in [-0.25, -0.2) is 4.68 Å². The van der Waals surface area contributed by atoms with Gasteiger partial charge in [-0.15, -0.1) is 5.10 Å². The van der Waals surface area contributed by atoms with Crippen molar-refractivity contribution in [3.05, 3.63) is 80.9 Å². The minimum Gasteiger partial charge on any atom is -0.304 e. The Hall–Kier alpha value is -3.06. The summed E-state index contributed by atoms with van der Waals surface area (Å²) in [7, 11) is 1.48. The fourth-order valence-electron chi connectivity index (χ4n) is 2.18. The number of anilines is 1. The van der Waals surface area contributed by atoms with Crippen LogP contribution in [0, 0.1) is 0 Å². The van der Waals surface area contributed by atoms with Gasteiger partial charge in [-0.1, -0.05) is 23.7 Å². The highest BCUT2D eigenvalue weighted by atomic mass is 35.5. The summed E-state index contributed by atoms with van der Waals surface area (Å²) in [6.45, 7) is 0. The SMILES string of the molecule is Cn1nc(C(=O)Nc2ccc(Cc3cccc(Cl)c3)nn2)ccc1=O. The van der Waals surface area contributed by atoms with Crippen LogP contribution in [0.25, 0.3) is 0 Å². The van der Waals surface area contributed by atoms with E-state index in [9.17, 15) is 9.59 Å². The first-order valence-electron chi connectivity index (χ1n) is 7.44. The van der Waals surface area contributed by atoms with Crippen molar-refractivity contribution in [3.63, 3.8) is 0 Å². The molecule has 8 heteroatoms. The lowest BCUT2D eigenvalue weighted by molar-refractivity contribution is 0.101. The molecule has 1 amide bonds. The Bertz CT molecular complexity index is 969. The van der Waals surface area contributed by atoms with Crippen molar-refractivity contribution in [2.75, 3.05) is 5.32 Å². The Kier molecular flexibility index (Phi) is 4.85. The number of hydrogen-bond donors (Lipinski definition) is 1. The second-order valence-electron chi connectivity index (χ2n) is 5.35. The molecule has 0 atom stereocenters. The molecule has 1 aromatic carbocycles. The fourth-order valence-corrected chi connectivity index (χ4v) is 2.39. The summed E-state index contributed by atoms with van der Waals surface area (Å²) in [6, 6.07) is 13.6. The first-order chi connectivity index (χ1) is 12.0. The van der Waals surface area contributed by atoms with Crippen LogP contribution < -0.4 is 10.9 Å². The molecule has 7 nitrogen and oxygen atoms in total. The van der Waals surface area contributed by atoms with Crippen LogP contribution in [0.3, 0.4) is 0 Å². The third kappa shape index (κ3) is 4.27. The Morgan fingerprint density at radius 1 is 1.16 bits per heavy atom. The van der Waals surface area contributed by atoms with E-state index in [1.165, 1.54) is 19.2 Å². The molecular formula is C17H14ClN5O2. The van der Waals surface area contributed by atoms with Gasteiger partial charge < -0.3 is 5.32 Å². The molecule has 0 aliphatic rings. The normalized spacial score (nSPS) is 10.5. The number of aromatic nitrogens is 4. The molecule has 0 radical (unpaired) electrons. The number of rotatable bonds is 4. The van der Waals surface area contributed by atoms with Gasteiger partial charge in [-0.3, -0.25) is 9.59 Å². The summed E-state index contributed by atoms with van der Waals surface area (Å²) < 4.78 is 1.09. The van der Waals surface area contributed by atoms with E-state index < -0.39 is 5.91 Å². The van der Waals surface area contributed by atoms with Gasteiger partial charge in [0, 0.05) is 24.6 Å². The Balaban J connectivity index is 1.68. The molecule has 25 heavy (non-hydrogen) atoms. The quantitative estimate of drug-likeness (QED) is 0.773. The predicted octanol–water partition coefficient (Wildman–Crippen LogP) is 2.07. The molecule has 3 aromatic rings. The zero-order chi connectivity index (χ0) is 17.8. The van der Waals surface area contributed by atoms with Gasteiger partial charge in [0.05, 0.1) is 5.69 Å². The molecule has 2 heterocycles. The number of amides is 1. The van der Waals surface area contributed by atoms with Crippen molar-refractivity contribution in [1.29, 1.82) is 0 Å². The van der Waals surface area contributed by atoms with E-state index >= 15 is 0 Å². The Labute approximate surface area is 148 Å². The molecule has 0 bridgehead atoms. The molecule has 126 valence electrons. The number of carbonyl (C=O) groups excluding carboxylic acids is 1. The van der Waals surface area contributed by atoms with E-state index in [-0.39, 0.29) is 11.3 Å². The molecular weight excluding hydrogens is 342 g/mol.